The summed E-state index contributed by atoms with van der Waals surface area (Å²) >= 11 is 0. The van der Waals surface area contributed by atoms with Gasteiger partial charge in [-0.15, -0.1) is 5.10 Å². The quantitative estimate of drug-likeness (QED) is 0.414. The first-order valence-electron chi connectivity index (χ1n) is 10.2. The van der Waals surface area contributed by atoms with Crippen molar-refractivity contribution < 1.29 is 17.9 Å². The lowest BCUT2D eigenvalue weighted by Gasteiger charge is -2.20. The van der Waals surface area contributed by atoms with Gasteiger partial charge in [0.05, 0.1) is 16.3 Å². The molecule has 1 N–H and O–H groups in total. The van der Waals surface area contributed by atoms with Crippen molar-refractivity contribution in [3.8, 4) is 11.4 Å². The standard InChI is InChI=1S/C23H22N6O4S/c1-17-6-12-22(13-7-17)34(31,32)28(2)19-8-10-21(11-9-19)33-15-23(30)25-18-4-3-5-20(14-18)29-16-24-26-27-29/h3-14,16H,15H2,1-2H3,(H,25,30). The van der Waals surface area contributed by atoms with E-state index in [-0.39, 0.29) is 17.4 Å². The van der Waals surface area contributed by atoms with Gasteiger partial charge in [-0.3, -0.25) is 9.10 Å². The van der Waals surface area contributed by atoms with Crippen molar-refractivity contribution in [2.45, 2.75) is 11.8 Å². The Kier molecular flexibility index (Phi) is 6.55. The van der Waals surface area contributed by atoms with Crippen LogP contribution in [0.3, 0.4) is 0 Å². The number of carbonyl (C=O) groups excluding carboxylic acids is 1. The lowest BCUT2D eigenvalue weighted by molar-refractivity contribution is -0.118. The van der Waals surface area contributed by atoms with Crippen molar-refractivity contribution in [1.29, 1.82) is 0 Å². The van der Waals surface area contributed by atoms with Crippen LogP contribution in [0, 0.1) is 6.92 Å². The average Bonchev–Trinajstić information content (AvgIpc) is 3.38. The van der Waals surface area contributed by atoms with E-state index in [9.17, 15) is 13.2 Å². The van der Waals surface area contributed by atoms with Crippen LogP contribution in [-0.2, 0) is 14.8 Å². The minimum absolute atomic E-state index is 0.210. The van der Waals surface area contributed by atoms with Crippen LogP contribution in [0.25, 0.3) is 5.69 Å². The van der Waals surface area contributed by atoms with E-state index in [4.69, 9.17) is 4.74 Å². The number of aryl methyl sites for hydroxylation is 1. The van der Waals surface area contributed by atoms with E-state index in [1.165, 1.54) is 22.4 Å². The molecule has 34 heavy (non-hydrogen) atoms. The zero-order valence-corrected chi connectivity index (χ0v) is 19.3. The maximum atomic E-state index is 12.8. The van der Waals surface area contributed by atoms with Crippen LogP contribution in [0.1, 0.15) is 5.56 Å². The number of tetrazole rings is 1. The number of hydrogen-bond acceptors (Lipinski definition) is 7. The Bertz CT molecular complexity index is 1370. The normalized spacial score (nSPS) is 11.1. The third-order valence-electron chi connectivity index (χ3n) is 4.99. The number of rotatable bonds is 8. The van der Waals surface area contributed by atoms with Crippen molar-refractivity contribution in [3.63, 3.8) is 0 Å². The van der Waals surface area contributed by atoms with Crippen LogP contribution < -0.4 is 14.4 Å². The number of carbonyl (C=O) groups is 1. The Labute approximate surface area is 196 Å². The summed E-state index contributed by atoms with van der Waals surface area (Å²) in [5.74, 6) is 0.0829. The number of ether oxygens (including phenoxy) is 1. The number of anilines is 2. The topological polar surface area (TPSA) is 119 Å². The van der Waals surface area contributed by atoms with Gasteiger partial charge in [-0.1, -0.05) is 23.8 Å². The molecule has 11 heteroatoms. The van der Waals surface area contributed by atoms with E-state index in [0.29, 0.717) is 22.8 Å². The maximum absolute atomic E-state index is 12.8. The smallest absolute Gasteiger partial charge is 0.264 e. The highest BCUT2D eigenvalue weighted by Crippen LogP contribution is 2.24. The first-order chi connectivity index (χ1) is 16.3. The molecule has 3 aromatic carbocycles. The molecule has 0 aliphatic rings. The molecule has 4 aromatic rings. The van der Waals surface area contributed by atoms with E-state index in [1.807, 2.05) is 6.92 Å². The molecule has 0 aliphatic carbocycles. The first-order valence-corrected chi connectivity index (χ1v) is 11.7. The second-order valence-electron chi connectivity index (χ2n) is 7.42. The number of benzene rings is 3. The molecule has 1 aromatic heterocycles. The lowest BCUT2D eigenvalue weighted by atomic mass is 10.2. The van der Waals surface area contributed by atoms with Gasteiger partial charge in [-0.05, 0) is 71.9 Å². The van der Waals surface area contributed by atoms with Gasteiger partial charge in [-0.25, -0.2) is 13.1 Å². The fourth-order valence-electron chi connectivity index (χ4n) is 3.11. The second kappa shape index (κ2) is 9.71. The Morgan fingerprint density at radius 1 is 1.06 bits per heavy atom. The molecule has 10 nitrogen and oxygen atoms in total. The van der Waals surface area contributed by atoms with Gasteiger partial charge in [0.25, 0.3) is 15.9 Å². The molecule has 1 amide bonds. The molecule has 0 bridgehead atoms. The number of amides is 1. The van der Waals surface area contributed by atoms with Crippen LogP contribution in [0.5, 0.6) is 5.75 Å². The monoisotopic (exact) mass is 478 g/mol. The lowest BCUT2D eigenvalue weighted by Crippen LogP contribution is -2.26. The summed E-state index contributed by atoms with van der Waals surface area (Å²) in [4.78, 5) is 12.5. The second-order valence-corrected chi connectivity index (χ2v) is 9.39. The van der Waals surface area contributed by atoms with E-state index in [1.54, 1.807) is 72.8 Å². The van der Waals surface area contributed by atoms with Gasteiger partial charge < -0.3 is 10.1 Å². The summed E-state index contributed by atoms with van der Waals surface area (Å²) < 4.78 is 33.9. The Hall–Kier alpha value is -4.25. The summed E-state index contributed by atoms with van der Waals surface area (Å²) in [6, 6.07) is 20.2. The molecular formula is C23H22N6O4S. The number of nitrogens with one attached hydrogen (secondary N) is 1. The minimum atomic E-state index is -3.69. The van der Waals surface area contributed by atoms with Crippen molar-refractivity contribution >= 4 is 27.3 Å². The molecule has 0 fully saturated rings. The number of sulfonamides is 1. The van der Waals surface area contributed by atoms with Gasteiger partial charge in [-0.2, -0.15) is 0 Å². The van der Waals surface area contributed by atoms with Crippen LogP contribution in [-0.4, -0.2) is 48.2 Å². The summed E-state index contributed by atoms with van der Waals surface area (Å²) in [6.07, 6.45) is 1.46. The number of nitrogens with zero attached hydrogens (tertiary/aromatic N) is 5. The molecular weight excluding hydrogens is 456 g/mol. The molecule has 0 saturated heterocycles. The molecule has 0 radical (unpaired) electrons. The number of hydrogen-bond donors (Lipinski definition) is 1. The van der Waals surface area contributed by atoms with Gasteiger partial charge in [0, 0.05) is 12.7 Å². The largest absolute Gasteiger partial charge is 0.484 e. The van der Waals surface area contributed by atoms with Crippen LogP contribution in [0.15, 0.2) is 84.0 Å². The highest BCUT2D eigenvalue weighted by molar-refractivity contribution is 7.92. The molecule has 0 saturated carbocycles. The number of aromatic nitrogens is 4. The summed E-state index contributed by atoms with van der Waals surface area (Å²) in [5.41, 5.74) is 2.72. The first kappa shape index (κ1) is 22.9. The van der Waals surface area contributed by atoms with Gasteiger partial charge in [0.15, 0.2) is 6.61 Å². The third-order valence-corrected chi connectivity index (χ3v) is 6.79. The van der Waals surface area contributed by atoms with Crippen LogP contribution >= 0.6 is 0 Å². The molecule has 174 valence electrons. The predicted octanol–water partition coefficient (Wildman–Crippen LogP) is 2.81. The third kappa shape index (κ3) is 5.21. The zero-order chi connectivity index (χ0) is 24.1. The Morgan fingerprint density at radius 3 is 2.47 bits per heavy atom. The fourth-order valence-corrected chi connectivity index (χ4v) is 4.31. The zero-order valence-electron chi connectivity index (χ0n) is 18.5. The predicted molar refractivity (Wildman–Crippen MR) is 126 cm³/mol. The molecule has 0 aliphatic heterocycles. The Morgan fingerprint density at radius 2 is 1.79 bits per heavy atom. The highest BCUT2D eigenvalue weighted by atomic mass is 32.2. The van der Waals surface area contributed by atoms with Gasteiger partial charge >= 0.3 is 0 Å². The Balaban J connectivity index is 1.35. The van der Waals surface area contributed by atoms with Crippen molar-refractivity contribution in [1.82, 2.24) is 20.2 Å². The average molecular weight is 479 g/mol. The molecule has 0 unspecified atom stereocenters. The van der Waals surface area contributed by atoms with E-state index >= 15 is 0 Å². The van der Waals surface area contributed by atoms with Crippen molar-refractivity contribution in [3.05, 3.63) is 84.7 Å². The van der Waals surface area contributed by atoms with Gasteiger partial charge in [0.2, 0.25) is 0 Å². The SMILES string of the molecule is Cc1ccc(S(=O)(=O)N(C)c2ccc(OCC(=O)Nc3cccc(-n4cnnn4)c3)cc2)cc1. The molecule has 0 atom stereocenters. The minimum Gasteiger partial charge on any atom is -0.484 e. The van der Waals surface area contributed by atoms with Crippen LogP contribution in [0.4, 0.5) is 11.4 Å². The van der Waals surface area contributed by atoms with Crippen LogP contribution in [0.2, 0.25) is 0 Å². The maximum Gasteiger partial charge on any atom is 0.264 e. The van der Waals surface area contributed by atoms with E-state index < -0.39 is 10.0 Å². The van der Waals surface area contributed by atoms with Crippen molar-refractivity contribution in [2.75, 3.05) is 23.3 Å². The fraction of sp³-hybridized carbons (Fsp3) is 0.130. The van der Waals surface area contributed by atoms with Crippen molar-refractivity contribution in [2.24, 2.45) is 0 Å². The summed E-state index contributed by atoms with van der Waals surface area (Å²) in [6.45, 7) is 1.68. The highest BCUT2D eigenvalue weighted by Gasteiger charge is 2.21. The molecule has 0 spiro atoms. The molecule has 4 rings (SSSR count). The molecule has 1 heterocycles. The van der Waals surface area contributed by atoms with E-state index in [0.717, 1.165) is 5.56 Å². The summed E-state index contributed by atoms with van der Waals surface area (Å²) in [5, 5.41) is 13.7. The van der Waals surface area contributed by atoms with Gasteiger partial charge in [0.1, 0.15) is 12.1 Å². The summed E-state index contributed by atoms with van der Waals surface area (Å²) in [7, 11) is -2.20. The van der Waals surface area contributed by atoms with E-state index in [2.05, 4.69) is 20.8 Å².